The van der Waals surface area contributed by atoms with Crippen molar-refractivity contribution in [2.24, 2.45) is 0 Å². The first kappa shape index (κ1) is 9.86. The fraction of sp³-hybridized carbons (Fsp3) is 0.778. The zero-order valence-corrected chi connectivity index (χ0v) is 9.69. The lowest BCUT2D eigenvalue weighted by molar-refractivity contribution is 0.352. The van der Waals surface area contributed by atoms with Gasteiger partial charge in [-0.25, -0.2) is 0 Å². The van der Waals surface area contributed by atoms with Crippen molar-refractivity contribution in [2.45, 2.75) is 26.3 Å². The van der Waals surface area contributed by atoms with Crippen molar-refractivity contribution in [1.82, 2.24) is 15.5 Å². The van der Waals surface area contributed by atoms with Crippen molar-refractivity contribution in [1.29, 1.82) is 0 Å². The molecule has 0 aromatic carbocycles. The van der Waals surface area contributed by atoms with Gasteiger partial charge in [0, 0.05) is 25.2 Å². The molecule has 0 bridgehead atoms. The van der Waals surface area contributed by atoms with E-state index in [9.17, 15) is 0 Å². The summed E-state index contributed by atoms with van der Waals surface area (Å²) in [4.78, 5) is 2.31. The Morgan fingerprint density at radius 2 is 2.21 bits per heavy atom. The highest BCUT2D eigenvalue weighted by Crippen LogP contribution is 2.22. The number of nitrogens with zero attached hydrogens (tertiary/aromatic N) is 3. The van der Waals surface area contributed by atoms with Gasteiger partial charge < -0.3 is 10.2 Å². The molecule has 2 rings (SSSR count). The average Bonchev–Trinajstić information content (AvgIpc) is 2.50. The quantitative estimate of drug-likeness (QED) is 0.755. The van der Waals surface area contributed by atoms with Gasteiger partial charge in [-0.15, -0.1) is 10.2 Å². The summed E-state index contributed by atoms with van der Waals surface area (Å²) in [5.41, 5.74) is 0.178. The Balaban J connectivity index is 2.12. The van der Waals surface area contributed by atoms with Crippen molar-refractivity contribution in [3.63, 3.8) is 0 Å². The topological polar surface area (TPSA) is 41.1 Å². The Hall–Kier alpha value is -0.680. The molecule has 2 heterocycles. The lowest BCUT2D eigenvalue weighted by Crippen LogP contribution is -2.57. The van der Waals surface area contributed by atoms with E-state index in [0.717, 1.165) is 29.8 Å². The Morgan fingerprint density at radius 1 is 1.43 bits per heavy atom. The number of anilines is 1. The molecular formula is C9H16N4S. The third kappa shape index (κ3) is 2.04. The van der Waals surface area contributed by atoms with Crippen LogP contribution >= 0.6 is 11.3 Å². The van der Waals surface area contributed by atoms with Gasteiger partial charge in [0.2, 0.25) is 5.13 Å². The number of hydrogen-bond acceptors (Lipinski definition) is 5. The zero-order valence-electron chi connectivity index (χ0n) is 8.87. The van der Waals surface area contributed by atoms with Crippen molar-refractivity contribution >= 4 is 16.5 Å². The zero-order chi connectivity index (χ0) is 10.2. The van der Waals surface area contributed by atoms with E-state index in [1.807, 2.05) is 6.92 Å². The normalized spacial score (nSPS) is 21.2. The third-order valence-corrected chi connectivity index (χ3v) is 3.26. The summed E-state index contributed by atoms with van der Waals surface area (Å²) in [6.45, 7) is 9.47. The molecule has 0 saturated carbocycles. The molecule has 1 aliphatic rings. The summed E-state index contributed by atoms with van der Waals surface area (Å²) < 4.78 is 0. The van der Waals surface area contributed by atoms with Gasteiger partial charge in [0.25, 0.3) is 0 Å². The first-order chi connectivity index (χ1) is 6.57. The smallest absolute Gasteiger partial charge is 0.208 e. The van der Waals surface area contributed by atoms with Gasteiger partial charge in [0.05, 0.1) is 0 Å². The van der Waals surface area contributed by atoms with Gasteiger partial charge in [-0.05, 0) is 20.8 Å². The molecule has 1 saturated heterocycles. The van der Waals surface area contributed by atoms with Gasteiger partial charge in [0.15, 0.2) is 0 Å². The van der Waals surface area contributed by atoms with Crippen LogP contribution in [0.1, 0.15) is 18.9 Å². The van der Waals surface area contributed by atoms with Crippen molar-refractivity contribution in [3.05, 3.63) is 5.01 Å². The lowest BCUT2D eigenvalue weighted by atomic mass is 10.0. The van der Waals surface area contributed by atoms with Crippen LogP contribution in [0.25, 0.3) is 0 Å². The van der Waals surface area contributed by atoms with Gasteiger partial charge in [-0.3, -0.25) is 0 Å². The third-order valence-electron chi connectivity index (χ3n) is 2.36. The molecular weight excluding hydrogens is 196 g/mol. The number of hydrogen-bond donors (Lipinski definition) is 1. The number of nitrogens with one attached hydrogen (secondary N) is 1. The highest BCUT2D eigenvalue weighted by atomic mass is 32.1. The summed E-state index contributed by atoms with van der Waals surface area (Å²) in [5, 5.41) is 13.8. The average molecular weight is 212 g/mol. The van der Waals surface area contributed by atoms with Gasteiger partial charge in [-0.2, -0.15) is 0 Å². The molecule has 78 valence electrons. The van der Waals surface area contributed by atoms with Crippen LogP contribution in [0.5, 0.6) is 0 Å². The molecule has 1 N–H and O–H groups in total. The van der Waals surface area contributed by atoms with E-state index in [4.69, 9.17) is 0 Å². The first-order valence-corrected chi connectivity index (χ1v) is 5.69. The standard InChI is InChI=1S/C9H16N4S/c1-7-11-12-8(14-7)13-5-4-10-9(2,3)6-13/h10H,4-6H2,1-3H3. The van der Waals surface area contributed by atoms with Crippen molar-refractivity contribution in [3.8, 4) is 0 Å². The summed E-state index contributed by atoms with van der Waals surface area (Å²) in [7, 11) is 0. The Morgan fingerprint density at radius 3 is 2.79 bits per heavy atom. The fourth-order valence-electron chi connectivity index (χ4n) is 1.72. The van der Waals surface area contributed by atoms with Gasteiger partial charge >= 0.3 is 0 Å². The monoisotopic (exact) mass is 212 g/mol. The van der Waals surface area contributed by atoms with E-state index in [-0.39, 0.29) is 5.54 Å². The molecule has 1 fully saturated rings. The predicted molar refractivity (Wildman–Crippen MR) is 58.9 cm³/mol. The maximum Gasteiger partial charge on any atom is 0.208 e. The Labute approximate surface area is 88.3 Å². The van der Waals surface area contributed by atoms with Crippen LogP contribution in [0, 0.1) is 6.92 Å². The summed E-state index contributed by atoms with van der Waals surface area (Å²) in [6, 6.07) is 0. The second kappa shape index (κ2) is 3.47. The number of piperazine rings is 1. The minimum atomic E-state index is 0.178. The SMILES string of the molecule is Cc1nnc(N2CCNC(C)(C)C2)s1. The summed E-state index contributed by atoms with van der Waals surface area (Å²) in [5.74, 6) is 0. The minimum absolute atomic E-state index is 0.178. The lowest BCUT2D eigenvalue weighted by Gasteiger charge is -2.38. The first-order valence-electron chi connectivity index (χ1n) is 4.87. The van der Waals surface area contributed by atoms with Crippen LogP contribution in [-0.4, -0.2) is 35.4 Å². The van der Waals surface area contributed by atoms with Crippen LogP contribution in [0.15, 0.2) is 0 Å². The summed E-state index contributed by atoms with van der Waals surface area (Å²) >= 11 is 1.67. The largest absolute Gasteiger partial charge is 0.344 e. The molecule has 0 amide bonds. The van der Waals surface area contributed by atoms with Gasteiger partial charge in [0.1, 0.15) is 5.01 Å². The molecule has 1 aromatic rings. The molecule has 0 spiro atoms. The van der Waals surface area contributed by atoms with Crippen LogP contribution in [0.3, 0.4) is 0 Å². The van der Waals surface area contributed by atoms with Gasteiger partial charge in [-0.1, -0.05) is 11.3 Å². The molecule has 0 radical (unpaired) electrons. The van der Waals surface area contributed by atoms with Crippen LogP contribution in [-0.2, 0) is 0 Å². The van der Waals surface area contributed by atoms with Crippen molar-refractivity contribution < 1.29 is 0 Å². The highest BCUT2D eigenvalue weighted by Gasteiger charge is 2.27. The van der Waals surface area contributed by atoms with E-state index in [2.05, 4.69) is 34.3 Å². The van der Waals surface area contributed by atoms with Crippen molar-refractivity contribution in [2.75, 3.05) is 24.5 Å². The predicted octanol–water partition coefficient (Wildman–Crippen LogP) is 1.03. The molecule has 1 aliphatic heterocycles. The number of aromatic nitrogens is 2. The van der Waals surface area contributed by atoms with E-state index < -0.39 is 0 Å². The Bertz CT molecular complexity index is 320. The molecule has 0 aliphatic carbocycles. The minimum Gasteiger partial charge on any atom is -0.344 e. The van der Waals surface area contributed by atoms with E-state index in [0.29, 0.717) is 0 Å². The van der Waals surface area contributed by atoms with Crippen LogP contribution < -0.4 is 10.2 Å². The molecule has 5 heteroatoms. The van der Waals surface area contributed by atoms with E-state index in [1.54, 1.807) is 11.3 Å². The van der Waals surface area contributed by atoms with Crippen LogP contribution in [0.4, 0.5) is 5.13 Å². The molecule has 4 nitrogen and oxygen atoms in total. The summed E-state index contributed by atoms with van der Waals surface area (Å²) in [6.07, 6.45) is 0. The second-order valence-corrected chi connectivity index (χ2v) is 5.50. The Kier molecular flexibility index (Phi) is 2.45. The van der Waals surface area contributed by atoms with E-state index >= 15 is 0 Å². The second-order valence-electron chi connectivity index (χ2n) is 4.34. The fourth-order valence-corrected chi connectivity index (χ4v) is 2.43. The molecule has 0 atom stereocenters. The number of aryl methyl sites for hydroxylation is 1. The number of rotatable bonds is 1. The maximum absolute atomic E-state index is 4.17. The highest BCUT2D eigenvalue weighted by molar-refractivity contribution is 7.15. The maximum atomic E-state index is 4.17. The van der Waals surface area contributed by atoms with Crippen LogP contribution in [0.2, 0.25) is 0 Å². The molecule has 0 unspecified atom stereocenters. The van der Waals surface area contributed by atoms with E-state index in [1.165, 1.54) is 0 Å². The molecule has 1 aromatic heterocycles. The molecule has 14 heavy (non-hydrogen) atoms.